The predicted octanol–water partition coefficient (Wildman–Crippen LogP) is 4.21. The minimum Gasteiger partial charge on any atom is -0.222 e. The summed E-state index contributed by atoms with van der Waals surface area (Å²) in [6.45, 7) is 0. The van der Waals surface area contributed by atoms with Crippen LogP contribution in [0.4, 0.5) is 0 Å². The van der Waals surface area contributed by atoms with E-state index in [-0.39, 0.29) is 17.7 Å². The van der Waals surface area contributed by atoms with Crippen LogP contribution in [0.25, 0.3) is 0 Å². The molecule has 0 aliphatic heterocycles. The lowest BCUT2D eigenvalue weighted by Gasteiger charge is -2.27. The average Bonchev–Trinajstić information content (AvgIpc) is 2.69. The van der Waals surface area contributed by atoms with Crippen LogP contribution >= 0.6 is 0 Å². The van der Waals surface area contributed by atoms with Gasteiger partial charge in [-0.05, 0) is 23.3 Å². The summed E-state index contributed by atoms with van der Waals surface area (Å²) in [5, 5.41) is 10.1. The van der Waals surface area contributed by atoms with E-state index in [4.69, 9.17) is 0 Å². The average molecular weight is 361 g/mol. The zero-order valence-corrected chi connectivity index (χ0v) is 15.1. The summed E-state index contributed by atoms with van der Waals surface area (Å²) in [4.78, 5) is 0.174. The van der Waals surface area contributed by atoms with E-state index in [1.54, 1.807) is 30.3 Å². The standard InChI is InChI=1S/C22H19NO2S/c23-18-22(16-19-10-4-1-5-11-19,17-20-12-6-2-7-13-20)26(24,25)21-14-8-3-9-15-21/h1-15H,16-17H2. The molecule has 26 heavy (non-hydrogen) atoms. The zero-order chi connectivity index (χ0) is 18.5. The predicted molar refractivity (Wildman–Crippen MR) is 102 cm³/mol. The molecule has 0 heterocycles. The van der Waals surface area contributed by atoms with Crippen molar-refractivity contribution in [2.24, 2.45) is 0 Å². The normalized spacial score (nSPS) is 11.7. The van der Waals surface area contributed by atoms with Gasteiger partial charge in [0.1, 0.15) is 0 Å². The molecule has 130 valence electrons. The van der Waals surface area contributed by atoms with Crippen molar-refractivity contribution in [1.82, 2.24) is 0 Å². The van der Waals surface area contributed by atoms with Crippen molar-refractivity contribution in [3.63, 3.8) is 0 Å². The minimum absolute atomic E-state index is 0.135. The molecule has 0 aliphatic carbocycles. The number of rotatable bonds is 6. The molecule has 0 saturated carbocycles. The van der Waals surface area contributed by atoms with Crippen LogP contribution in [0.15, 0.2) is 95.9 Å². The third-order valence-corrected chi connectivity index (χ3v) is 6.74. The van der Waals surface area contributed by atoms with E-state index in [2.05, 4.69) is 6.07 Å². The molecular weight excluding hydrogens is 342 g/mol. The van der Waals surface area contributed by atoms with Gasteiger partial charge in [0, 0.05) is 12.8 Å². The van der Waals surface area contributed by atoms with Crippen LogP contribution in [0.2, 0.25) is 0 Å². The molecule has 0 unspecified atom stereocenters. The monoisotopic (exact) mass is 361 g/mol. The van der Waals surface area contributed by atoms with Crippen LogP contribution in [0.5, 0.6) is 0 Å². The Morgan fingerprint density at radius 1 is 0.692 bits per heavy atom. The second kappa shape index (κ2) is 7.55. The van der Waals surface area contributed by atoms with E-state index in [0.717, 1.165) is 11.1 Å². The lowest BCUT2D eigenvalue weighted by Crippen LogP contribution is -2.42. The van der Waals surface area contributed by atoms with Crippen molar-refractivity contribution in [3.05, 3.63) is 102 Å². The van der Waals surface area contributed by atoms with Gasteiger partial charge < -0.3 is 0 Å². The molecule has 0 amide bonds. The first-order chi connectivity index (χ1) is 12.6. The summed E-state index contributed by atoms with van der Waals surface area (Å²) in [7, 11) is -3.87. The second-order valence-corrected chi connectivity index (χ2v) is 8.51. The number of hydrogen-bond donors (Lipinski definition) is 0. The van der Waals surface area contributed by atoms with Gasteiger partial charge in [-0.15, -0.1) is 0 Å². The molecule has 0 aliphatic rings. The van der Waals surface area contributed by atoms with Crippen molar-refractivity contribution >= 4 is 9.84 Å². The van der Waals surface area contributed by atoms with Gasteiger partial charge in [-0.1, -0.05) is 78.9 Å². The van der Waals surface area contributed by atoms with Gasteiger partial charge in [-0.3, -0.25) is 0 Å². The molecule has 4 heteroatoms. The van der Waals surface area contributed by atoms with Gasteiger partial charge in [0.15, 0.2) is 14.6 Å². The molecule has 3 nitrogen and oxygen atoms in total. The largest absolute Gasteiger partial charge is 0.222 e. The number of benzene rings is 3. The third kappa shape index (κ3) is 3.54. The molecule has 0 aromatic heterocycles. The highest BCUT2D eigenvalue weighted by Crippen LogP contribution is 2.32. The molecule has 3 rings (SSSR count). The van der Waals surface area contributed by atoms with Crippen LogP contribution < -0.4 is 0 Å². The molecule has 0 spiro atoms. The van der Waals surface area contributed by atoms with Crippen molar-refractivity contribution in [3.8, 4) is 6.07 Å². The summed E-state index contributed by atoms with van der Waals surface area (Å²) in [6.07, 6.45) is 0.271. The van der Waals surface area contributed by atoms with Crippen LogP contribution in [0.1, 0.15) is 11.1 Å². The van der Waals surface area contributed by atoms with Gasteiger partial charge in [0.05, 0.1) is 11.0 Å². The van der Waals surface area contributed by atoms with Crippen LogP contribution in [-0.2, 0) is 22.7 Å². The smallest absolute Gasteiger partial charge is 0.198 e. The second-order valence-electron chi connectivity index (χ2n) is 6.25. The molecule has 3 aromatic rings. The Bertz CT molecular complexity index is 951. The first-order valence-corrected chi connectivity index (χ1v) is 9.84. The van der Waals surface area contributed by atoms with Gasteiger partial charge in [0.2, 0.25) is 0 Å². The van der Waals surface area contributed by atoms with Gasteiger partial charge in [-0.25, -0.2) is 8.42 Å². The molecular formula is C22H19NO2S. The van der Waals surface area contributed by atoms with E-state index in [1.807, 2.05) is 60.7 Å². The molecule has 0 atom stereocenters. The molecule has 0 radical (unpaired) electrons. The van der Waals surface area contributed by atoms with Crippen molar-refractivity contribution in [2.45, 2.75) is 22.5 Å². The van der Waals surface area contributed by atoms with Crippen molar-refractivity contribution in [2.75, 3.05) is 0 Å². The molecule has 0 saturated heterocycles. The van der Waals surface area contributed by atoms with E-state index >= 15 is 0 Å². The Hall–Kier alpha value is -2.90. The Balaban J connectivity index is 2.13. The molecule has 0 fully saturated rings. The molecule has 0 N–H and O–H groups in total. The maximum atomic E-state index is 13.5. The van der Waals surface area contributed by atoms with Crippen molar-refractivity contribution in [1.29, 1.82) is 5.26 Å². The number of nitrogens with zero attached hydrogens (tertiary/aromatic N) is 1. The topological polar surface area (TPSA) is 57.9 Å². The molecule has 0 bridgehead atoms. The number of sulfone groups is 1. The van der Waals surface area contributed by atoms with Crippen LogP contribution in [0, 0.1) is 11.3 Å². The lowest BCUT2D eigenvalue weighted by atomic mass is 9.93. The van der Waals surface area contributed by atoms with Crippen LogP contribution in [0.3, 0.4) is 0 Å². The maximum absolute atomic E-state index is 13.5. The first-order valence-electron chi connectivity index (χ1n) is 8.36. The fourth-order valence-corrected chi connectivity index (χ4v) is 4.87. The van der Waals surface area contributed by atoms with Gasteiger partial charge >= 0.3 is 0 Å². The highest BCUT2D eigenvalue weighted by molar-refractivity contribution is 7.93. The highest BCUT2D eigenvalue weighted by Gasteiger charge is 2.45. The molecule has 3 aromatic carbocycles. The van der Waals surface area contributed by atoms with Crippen LogP contribution in [-0.4, -0.2) is 13.2 Å². The van der Waals surface area contributed by atoms with Crippen molar-refractivity contribution < 1.29 is 8.42 Å². The Labute approximate surface area is 154 Å². The van der Waals surface area contributed by atoms with E-state index < -0.39 is 14.6 Å². The summed E-state index contributed by atoms with van der Waals surface area (Å²) in [6, 6.07) is 29.0. The SMILES string of the molecule is N#CC(Cc1ccccc1)(Cc1ccccc1)S(=O)(=O)c1ccccc1. The Morgan fingerprint density at radius 3 is 1.46 bits per heavy atom. The number of nitriles is 1. The fourth-order valence-electron chi connectivity index (χ4n) is 3.07. The summed E-state index contributed by atoms with van der Waals surface area (Å²) in [5.41, 5.74) is 1.65. The first kappa shape index (κ1) is 17.9. The zero-order valence-electron chi connectivity index (χ0n) is 14.2. The van der Waals surface area contributed by atoms with Gasteiger partial charge in [0.25, 0.3) is 0 Å². The minimum atomic E-state index is -3.87. The third-order valence-electron chi connectivity index (χ3n) is 4.44. The fraction of sp³-hybridized carbons (Fsp3) is 0.136. The summed E-state index contributed by atoms with van der Waals surface area (Å²) in [5.74, 6) is 0. The highest BCUT2D eigenvalue weighted by atomic mass is 32.2. The van der Waals surface area contributed by atoms with Gasteiger partial charge in [-0.2, -0.15) is 5.26 Å². The Morgan fingerprint density at radius 2 is 1.08 bits per heavy atom. The lowest BCUT2D eigenvalue weighted by molar-refractivity contribution is 0.549. The maximum Gasteiger partial charge on any atom is 0.198 e. The van der Waals surface area contributed by atoms with E-state index in [9.17, 15) is 13.7 Å². The quantitative estimate of drug-likeness (QED) is 0.661. The Kier molecular flexibility index (Phi) is 5.20. The van der Waals surface area contributed by atoms with E-state index in [0.29, 0.717) is 0 Å². The summed E-state index contributed by atoms with van der Waals surface area (Å²) < 4.78 is 25.4. The number of hydrogen-bond acceptors (Lipinski definition) is 3. The summed E-state index contributed by atoms with van der Waals surface area (Å²) >= 11 is 0. The van der Waals surface area contributed by atoms with E-state index in [1.165, 1.54) is 0 Å².